The number of ether oxygens (including phenoxy) is 1. The molecule has 0 bridgehead atoms. The average molecular weight is 234 g/mol. The zero-order chi connectivity index (χ0) is 12.7. The van der Waals surface area contributed by atoms with Crippen LogP contribution in [0.4, 0.5) is 5.69 Å². The van der Waals surface area contributed by atoms with Crippen molar-refractivity contribution in [2.75, 3.05) is 12.3 Å². The maximum atomic E-state index is 10.8. The van der Waals surface area contributed by atoms with E-state index in [1.54, 1.807) is 6.07 Å². The molecule has 0 atom stereocenters. The van der Waals surface area contributed by atoms with Gasteiger partial charge in [0, 0.05) is 12.1 Å². The summed E-state index contributed by atoms with van der Waals surface area (Å²) in [6, 6.07) is 6.59. The van der Waals surface area contributed by atoms with Gasteiger partial charge in [0.05, 0.1) is 18.2 Å². The Hall–Kier alpha value is -2.22. The van der Waals surface area contributed by atoms with Crippen LogP contribution >= 0.6 is 0 Å². The number of carboxylic acids is 1. The molecule has 0 aliphatic heterocycles. The van der Waals surface area contributed by atoms with Crippen molar-refractivity contribution in [1.82, 2.24) is 0 Å². The van der Waals surface area contributed by atoms with Gasteiger partial charge in [-0.05, 0) is 31.0 Å². The van der Waals surface area contributed by atoms with Gasteiger partial charge in [-0.3, -0.25) is 0 Å². The first-order valence-corrected chi connectivity index (χ1v) is 5.27. The SMILES string of the molecule is N#CCCCCOc1ccc(N)c(C(=O)O)c1. The number of unbranched alkanes of at least 4 members (excludes halogenated alkanes) is 2. The molecule has 90 valence electrons. The maximum absolute atomic E-state index is 10.8. The van der Waals surface area contributed by atoms with Gasteiger partial charge in [0.1, 0.15) is 5.75 Å². The first-order valence-electron chi connectivity index (χ1n) is 5.27. The Kier molecular flexibility index (Phi) is 4.82. The van der Waals surface area contributed by atoms with Crippen molar-refractivity contribution in [3.05, 3.63) is 23.8 Å². The number of carboxylic acid groups (broad SMARTS) is 1. The van der Waals surface area contributed by atoms with Gasteiger partial charge in [0.2, 0.25) is 0 Å². The Labute approximate surface area is 99.4 Å². The lowest BCUT2D eigenvalue weighted by Gasteiger charge is -2.07. The summed E-state index contributed by atoms with van der Waals surface area (Å²) in [7, 11) is 0. The summed E-state index contributed by atoms with van der Waals surface area (Å²) in [5.41, 5.74) is 5.77. The van der Waals surface area contributed by atoms with E-state index in [0.29, 0.717) is 18.8 Å². The van der Waals surface area contributed by atoms with Gasteiger partial charge in [0.25, 0.3) is 0 Å². The number of hydrogen-bond donors (Lipinski definition) is 2. The van der Waals surface area contributed by atoms with Gasteiger partial charge in [-0.15, -0.1) is 0 Å². The number of rotatable bonds is 6. The number of nitrogens with zero attached hydrogens (tertiary/aromatic N) is 1. The quantitative estimate of drug-likeness (QED) is 0.580. The van der Waals surface area contributed by atoms with E-state index in [4.69, 9.17) is 20.8 Å². The number of nitrogen functional groups attached to an aromatic ring is 1. The zero-order valence-electron chi connectivity index (χ0n) is 9.35. The molecule has 0 spiro atoms. The molecule has 0 saturated carbocycles. The number of anilines is 1. The van der Waals surface area contributed by atoms with E-state index in [2.05, 4.69) is 0 Å². The highest BCUT2D eigenvalue weighted by molar-refractivity contribution is 5.94. The molecule has 0 aliphatic carbocycles. The third-order valence-electron chi connectivity index (χ3n) is 2.21. The Bertz CT molecular complexity index is 438. The van der Waals surface area contributed by atoms with E-state index in [1.165, 1.54) is 12.1 Å². The maximum Gasteiger partial charge on any atom is 0.337 e. The molecule has 0 amide bonds. The largest absolute Gasteiger partial charge is 0.494 e. The normalized spacial score (nSPS) is 9.59. The van der Waals surface area contributed by atoms with Crippen molar-refractivity contribution >= 4 is 11.7 Å². The third-order valence-corrected chi connectivity index (χ3v) is 2.21. The van der Waals surface area contributed by atoms with Crippen LogP contribution in [-0.2, 0) is 0 Å². The van der Waals surface area contributed by atoms with Crippen LogP contribution in [0.2, 0.25) is 0 Å². The van der Waals surface area contributed by atoms with E-state index in [1.807, 2.05) is 6.07 Å². The Morgan fingerprint density at radius 3 is 2.88 bits per heavy atom. The highest BCUT2D eigenvalue weighted by Gasteiger charge is 2.08. The Morgan fingerprint density at radius 2 is 2.24 bits per heavy atom. The van der Waals surface area contributed by atoms with Crippen molar-refractivity contribution in [3.8, 4) is 11.8 Å². The smallest absolute Gasteiger partial charge is 0.337 e. The molecule has 5 nitrogen and oxygen atoms in total. The van der Waals surface area contributed by atoms with Crippen LogP contribution in [0.5, 0.6) is 5.75 Å². The average Bonchev–Trinajstić information content (AvgIpc) is 2.30. The summed E-state index contributed by atoms with van der Waals surface area (Å²) < 4.78 is 5.37. The van der Waals surface area contributed by atoms with Gasteiger partial charge < -0.3 is 15.6 Å². The minimum Gasteiger partial charge on any atom is -0.494 e. The van der Waals surface area contributed by atoms with Crippen molar-refractivity contribution in [2.24, 2.45) is 0 Å². The summed E-state index contributed by atoms with van der Waals surface area (Å²) in [6.07, 6.45) is 2.04. The fraction of sp³-hybridized carbons (Fsp3) is 0.333. The van der Waals surface area contributed by atoms with E-state index in [0.717, 1.165) is 12.8 Å². The second-order valence-corrected chi connectivity index (χ2v) is 3.52. The molecule has 0 unspecified atom stereocenters. The van der Waals surface area contributed by atoms with Crippen LogP contribution in [0.1, 0.15) is 29.6 Å². The first kappa shape index (κ1) is 12.8. The minimum atomic E-state index is -1.07. The molecule has 0 heterocycles. The summed E-state index contributed by atoms with van der Waals surface area (Å²) in [5, 5.41) is 17.2. The minimum absolute atomic E-state index is 0.0412. The fourth-order valence-corrected chi connectivity index (χ4v) is 1.31. The molecule has 0 fully saturated rings. The van der Waals surface area contributed by atoms with Crippen LogP contribution in [0.25, 0.3) is 0 Å². The molecular weight excluding hydrogens is 220 g/mol. The fourth-order valence-electron chi connectivity index (χ4n) is 1.31. The van der Waals surface area contributed by atoms with Gasteiger partial charge in [-0.25, -0.2) is 4.79 Å². The summed E-state index contributed by atoms with van der Waals surface area (Å²) >= 11 is 0. The summed E-state index contributed by atoms with van der Waals surface area (Å²) in [5.74, 6) is -0.592. The van der Waals surface area contributed by atoms with Gasteiger partial charge >= 0.3 is 5.97 Å². The molecule has 3 N–H and O–H groups in total. The van der Waals surface area contributed by atoms with Gasteiger partial charge in [0.15, 0.2) is 0 Å². The topological polar surface area (TPSA) is 96.3 Å². The number of nitrogens with two attached hydrogens (primary N) is 1. The lowest BCUT2D eigenvalue weighted by Crippen LogP contribution is -2.04. The van der Waals surface area contributed by atoms with E-state index in [-0.39, 0.29) is 11.3 Å². The van der Waals surface area contributed by atoms with Crippen molar-refractivity contribution < 1.29 is 14.6 Å². The second kappa shape index (κ2) is 6.38. The predicted molar refractivity (Wildman–Crippen MR) is 62.8 cm³/mol. The van der Waals surface area contributed by atoms with E-state index in [9.17, 15) is 4.79 Å². The monoisotopic (exact) mass is 234 g/mol. The lowest BCUT2D eigenvalue weighted by molar-refractivity contribution is 0.0697. The molecule has 1 rings (SSSR count). The van der Waals surface area contributed by atoms with E-state index < -0.39 is 5.97 Å². The number of aromatic carboxylic acids is 1. The molecule has 0 radical (unpaired) electrons. The van der Waals surface area contributed by atoms with Crippen LogP contribution in [0.3, 0.4) is 0 Å². The second-order valence-electron chi connectivity index (χ2n) is 3.52. The molecule has 5 heteroatoms. The molecular formula is C12H14N2O3. The van der Waals surface area contributed by atoms with Crippen molar-refractivity contribution in [1.29, 1.82) is 5.26 Å². The highest BCUT2D eigenvalue weighted by atomic mass is 16.5. The highest BCUT2D eigenvalue weighted by Crippen LogP contribution is 2.19. The lowest BCUT2D eigenvalue weighted by atomic mass is 10.2. The number of carbonyl (C=O) groups is 1. The third kappa shape index (κ3) is 4.03. The molecule has 1 aromatic rings. The summed E-state index contributed by atoms with van der Waals surface area (Å²) in [6.45, 7) is 0.463. The Balaban J connectivity index is 2.52. The number of benzene rings is 1. The van der Waals surface area contributed by atoms with Gasteiger partial charge in [-0.1, -0.05) is 0 Å². The molecule has 17 heavy (non-hydrogen) atoms. The first-order chi connectivity index (χ1) is 8.15. The van der Waals surface area contributed by atoms with E-state index >= 15 is 0 Å². The number of nitriles is 1. The molecule has 1 aromatic carbocycles. The molecule has 0 aromatic heterocycles. The van der Waals surface area contributed by atoms with Crippen LogP contribution in [0.15, 0.2) is 18.2 Å². The zero-order valence-corrected chi connectivity index (χ0v) is 9.35. The van der Waals surface area contributed by atoms with Gasteiger partial charge in [-0.2, -0.15) is 5.26 Å². The Morgan fingerprint density at radius 1 is 1.47 bits per heavy atom. The van der Waals surface area contributed by atoms with Crippen LogP contribution in [-0.4, -0.2) is 17.7 Å². The van der Waals surface area contributed by atoms with Crippen LogP contribution < -0.4 is 10.5 Å². The van der Waals surface area contributed by atoms with Crippen molar-refractivity contribution in [3.63, 3.8) is 0 Å². The molecule has 0 aliphatic rings. The predicted octanol–water partition coefficient (Wildman–Crippen LogP) is 2.04. The standard InChI is InChI=1S/C12H14N2O3/c13-6-2-1-3-7-17-9-4-5-11(14)10(8-9)12(15)16/h4-5,8H,1-3,7,14H2,(H,15,16). The molecule has 0 saturated heterocycles. The number of hydrogen-bond acceptors (Lipinski definition) is 4. The van der Waals surface area contributed by atoms with Crippen molar-refractivity contribution in [2.45, 2.75) is 19.3 Å². The van der Waals surface area contributed by atoms with Crippen LogP contribution in [0, 0.1) is 11.3 Å². The summed E-state index contributed by atoms with van der Waals surface area (Å²) in [4.78, 5) is 10.8.